The van der Waals surface area contributed by atoms with Crippen molar-refractivity contribution in [1.29, 1.82) is 0 Å². The molecule has 0 spiro atoms. The van der Waals surface area contributed by atoms with E-state index >= 15 is 0 Å². The standard InChI is InChI=1S/C18H27N2O5/c1-2-3-8-12-17(19(22)23)14-11-15-18(20(24)25)13-9-6-4-5-7-10-16-21/h3,8,14-15H,2,4-7,9-13H2,1H3/b8-3+,17-14-,18-15-. The molecule has 0 saturated heterocycles. The lowest BCUT2D eigenvalue weighted by Gasteiger charge is -2.00. The second-order valence-electron chi connectivity index (χ2n) is 5.64. The van der Waals surface area contributed by atoms with Gasteiger partial charge in [-0.1, -0.05) is 38.3 Å². The Labute approximate surface area is 148 Å². The van der Waals surface area contributed by atoms with Gasteiger partial charge in [0, 0.05) is 12.8 Å². The van der Waals surface area contributed by atoms with E-state index in [1.165, 1.54) is 12.2 Å². The molecule has 0 saturated carbocycles. The van der Waals surface area contributed by atoms with Crippen LogP contribution < -0.4 is 0 Å². The highest BCUT2D eigenvalue weighted by Gasteiger charge is 2.11. The van der Waals surface area contributed by atoms with Gasteiger partial charge in [-0.25, -0.2) is 0 Å². The smallest absolute Gasteiger partial charge is 0.246 e. The van der Waals surface area contributed by atoms with E-state index in [1.54, 1.807) is 6.08 Å². The van der Waals surface area contributed by atoms with Gasteiger partial charge in [-0.15, -0.1) is 0 Å². The molecule has 0 aromatic heterocycles. The Bertz CT molecular complexity index is 510. The van der Waals surface area contributed by atoms with Crippen molar-refractivity contribution in [2.24, 2.45) is 0 Å². The van der Waals surface area contributed by atoms with E-state index in [0.29, 0.717) is 19.3 Å². The molecular formula is C18H27N2O5. The Balaban J connectivity index is 4.42. The summed E-state index contributed by atoms with van der Waals surface area (Å²) < 4.78 is 0. The molecule has 0 atom stereocenters. The maximum atomic E-state index is 11.1. The summed E-state index contributed by atoms with van der Waals surface area (Å²) in [6.45, 7) is 1.94. The van der Waals surface area contributed by atoms with E-state index in [9.17, 15) is 25.0 Å². The van der Waals surface area contributed by atoms with Gasteiger partial charge in [0.05, 0.1) is 16.3 Å². The van der Waals surface area contributed by atoms with Crippen LogP contribution in [0.15, 0.2) is 35.7 Å². The molecule has 0 aliphatic rings. The average molecular weight is 351 g/mol. The molecule has 0 aliphatic heterocycles. The number of nitro groups is 2. The molecule has 25 heavy (non-hydrogen) atoms. The highest BCUT2D eigenvalue weighted by atomic mass is 16.6. The van der Waals surface area contributed by atoms with Crippen molar-refractivity contribution in [1.82, 2.24) is 0 Å². The van der Waals surface area contributed by atoms with Gasteiger partial charge in [0.2, 0.25) is 11.4 Å². The van der Waals surface area contributed by atoms with Crippen molar-refractivity contribution in [2.45, 2.75) is 71.1 Å². The Morgan fingerprint density at radius 3 is 2.12 bits per heavy atom. The van der Waals surface area contributed by atoms with Crippen LogP contribution in [0.25, 0.3) is 0 Å². The van der Waals surface area contributed by atoms with E-state index in [-0.39, 0.29) is 24.2 Å². The zero-order chi connectivity index (χ0) is 18.9. The summed E-state index contributed by atoms with van der Waals surface area (Å²) in [5.74, 6) is 0. The predicted molar refractivity (Wildman–Crippen MR) is 96.8 cm³/mol. The Morgan fingerprint density at radius 2 is 1.52 bits per heavy atom. The van der Waals surface area contributed by atoms with Gasteiger partial charge in [0.15, 0.2) is 6.29 Å². The summed E-state index contributed by atoms with van der Waals surface area (Å²) in [4.78, 5) is 31.2. The number of carbonyl (C=O) groups excluding carboxylic acids is 1. The first kappa shape index (κ1) is 22.7. The number of hydrogen-bond donors (Lipinski definition) is 0. The minimum Gasteiger partial charge on any atom is -0.291 e. The molecule has 7 nitrogen and oxygen atoms in total. The van der Waals surface area contributed by atoms with E-state index in [2.05, 4.69) is 0 Å². The number of rotatable bonds is 15. The fraction of sp³-hybridized carbons (Fsp3) is 0.611. The third kappa shape index (κ3) is 12.7. The third-order valence-corrected chi connectivity index (χ3v) is 3.62. The van der Waals surface area contributed by atoms with Crippen LogP contribution in [-0.4, -0.2) is 16.1 Å². The normalized spacial score (nSPS) is 12.5. The summed E-state index contributed by atoms with van der Waals surface area (Å²) in [6, 6.07) is 0. The molecule has 0 fully saturated rings. The molecule has 0 aliphatic carbocycles. The second-order valence-corrected chi connectivity index (χ2v) is 5.64. The summed E-state index contributed by atoms with van der Waals surface area (Å²) in [7, 11) is 0. The van der Waals surface area contributed by atoms with Crippen molar-refractivity contribution in [3.63, 3.8) is 0 Å². The maximum absolute atomic E-state index is 11.1. The van der Waals surface area contributed by atoms with Crippen LogP contribution in [0.4, 0.5) is 0 Å². The Kier molecular flexibility index (Phi) is 13.8. The number of unbranched alkanes of at least 4 members (excludes halogenated alkanes) is 5. The molecule has 0 amide bonds. The quantitative estimate of drug-likeness (QED) is 0.181. The van der Waals surface area contributed by atoms with Gasteiger partial charge in [-0.3, -0.25) is 25.0 Å². The molecule has 0 rings (SSSR count). The second kappa shape index (κ2) is 15.2. The van der Waals surface area contributed by atoms with Gasteiger partial charge in [0.1, 0.15) is 0 Å². The molecule has 139 valence electrons. The van der Waals surface area contributed by atoms with Gasteiger partial charge >= 0.3 is 0 Å². The van der Waals surface area contributed by atoms with Gasteiger partial charge in [-0.2, -0.15) is 0 Å². The van der Waals surface area contributed by atoms with Crippen LogP contribution in [0.2, 0.25) is 0 Å². The van der Waals surface area contributed by atoms with Crippen molar-refractivity contribution in [3.05, 3.63) is 55.9 Å². The first-order valence-corrected chi connectivity index (χ1v) is 8.69. The van der Waals surface area contributed by atoms with E-state index < -0.39 is 9.85 Å². The number of nitrogens with zero attached hydrogens (tertiary/aromatic N) is 2. The highest BCUT2D eigenvalue weighted by molar-refractivity contribution is 5.50. The lowest BCUT2D eigenvalue weighted by molar-refractivity contribution is -0.428. The Morgan fingerprint density at radius 1 is 0.920 bits per heavy atom. The van der Waals surface area contributed by atoms with E-state index in [0.717, 1.165) is 32.1 Å². The number of hydrogen-bond acceptors (Lipinski definition) is 5. The summed E-state index contributed by atoms with van der Waals surface area (Å²) in [5, 5.41) is 22.0. The molecule has 0 aromatic rings. The monoisotopic (exact) mass is 351 g/mol. The molecule has 0 bridgehead atoms. The molecule has 0 unspecified atom stereocenters. The predicted octanol–water partition coefficient (Wildman–Crippen LogP) is 4.89. The van der Waals surface area contributed by atoms with Gasteiger partial charge in [-0.05, 0) is 37.8 Å². The molecule has 0 heterocycles. The summed E-state index contributed by atoms with van der Waals surface area (Å²) >= 11 is 0. The largest absolute Gasteiger partial charge is 0.291 e. The maximum Gasteiger partial charge on any atom is 0.246 e. The first-order valence-electron chi connectivity index (χ1n) is 8.69. The first-order chi connectivity index (χ1) is 12.0. The van der Waals surface area contributed by atoms with Crippen molar-refractivity contribution < 1.29 is 14.6 Å². The summed E-state index contributed by atoms with van der Waals surface area (Å²) in [5.41, 5.74) is 0.153. The van der Waals surface area contributed by atoms with E-state index in [4.69, 9.17) is 0 Å². The van der Waals surface area contributed by atoms with Crippen LogP contribution in [0.1, 0.15) is 71.1 Å². The lowest BCUT2D eigenvalue weighted by Crippen LogP contribution is -2.00. The Hall–Kier alpha value is -2.31. The highest BCUT2D eigenvalue weighted by Crippen LogP contribution is 2.14. The van der Waals surface area contributed by atoms with Crippen molar-refractivity contribution >= 4 is 6.29 Å². The third-order valence-electron chi connectivity index (χ3n) is 3.62. The molecule has 0 aromatic carbocycles. The van der Waals surface area contributed by atoms with Crippen LogP contribution in [-0.2, 0) is 4.79 Å². The minimum atomic E-state index is -0.448. The van der Waals surface area contributed by atoms with Crippen LogP contribution in [0.3, 0.4) is 0 Å². The molecule has 1 radical (unpaired) electrons. The van der Waals surface area contributed by atoms with Crippen LogP contribution in [0, 0.1) is 20.2 Å². The molecule has 7 heteroatoms. The van der Waals surface area contributed by atoms with E-state index in [1.807, 2.05) is 19.3 Å². The van der Waals surface area contributed by atoms with Gasteiger partial charge in [0.25, 0.3) is 0 Å². The fourth-order valence-electron chi connectivity index (χ4n) is 2.24. The fourth-order valence-corrected chi connectivity index (χ4v) is 2.24. The van der Waals surface area contributed by atoms with Crippen molar-refractivity contribution in [3.8, 4) is 0 Å². The molecular weight excluding hydrogens is 324 g/mol. The number of allylic oxidation sites excluding steroid dienone is 5. The zero-order valence-electron chi connectivity index (χ0n) is 14.8. The van der Waals surface area contributed by atoms with Crippen LogP contribution in [0.5, 0.6) is 0 Å². The minimum absolute atomic E-state index is 0.0515. The SMILES string of the molecule is CC/C=C/C/C(=C/C/C=C(/CCCCCCC[C]=O)[N+](=O)[O-])[N+](=O)[O-]. The van der Waals surface area contributed by atoms with Crippen LogP contribution >= 0.6 is 0 Å². The topological polar surface area (TPSA) is 103 Å². The average Bonchev–Trinajstić information content (AvgIpc) is 2.57. The van der Waals surface area contributed by atoms with Crippen molar-refractivity contribution in [2.75, 3.05) is 0 Å². The van der Waals surface area contributed by atoms with Gasteiger partial charge < -0.3 is 0 Å². The summed E-state index contributed by atoms with van der Waals surface area (Å²) in [6.07, 6.45) is 14.5. The zero-order valence-corrected chi connectivity index (χ0v) is 14.8. The lowest BCUT2D eigenvalue weighted by atomic mass is 10.1. The molecule has 0 N–H and O–H groups in total.